The van der Waals surface area contributed by atoms with Gasteiger partial charge in [-0.05, 0) is 25.7 Å². The maximum absolute atomic E-state index is 12.9. The van der Waals surface area contributed by atoms with Crippen LogP contribution in [0.1, 0.15) is 50.7 Å². The molecule has 4 rings (SSSR count). The van der Waals surface area contributed by atoms with Gasteiger partial charge in [-0.3, -0.25) is 0 Å². The number of rotatable bonds is 1. The van der Waals surface area contributed by atoms with Crippen molar-refractivity contribution in [2.45, 2.75) is 57.0 Å². The zero-order valence-corrected chi connectivity index (χ0v) is 14.0. The molecular weight excluding hydrogens is 292 g/mol. The highest BCUT2D eigenvalue weighted by molar-refractivity contribution is 5.83. The van der Waals surface area contributed by atoms with Crippen LogP contribution in [0.5, 0.6) is 0 Å². The summed E-state index contributed by atoms with van der Waals surface area (Å²) in [5.41, 5.74) is 0.809. The highest BCUT2D eigenvalue weighted by Crippen LogP contribution is 2.58. The summed E-state index contributed by atoms with van der Waals surface area (Å²) in [6.07, 6.45) is 4.62. The molecule has 0 N–H and O–H groups in total. The topological polar surface area (TPSA) is 44.8 Å². The van der Waals surface area contributed by atoms with Gasteiger partial charge in [-0.2, -0.15) is 0 Å². The van der Waals surface area contributed by atoms with E-state index in [-0.39, 0.29) is 18.0 Å². The first kappa shape index (κ1) is 15.2. The van der Waals surface area contributed by atoms with Gasteiger partial charge in [0.15, 0.2) is 11.4 Å². The summed E-state index contributed by atoms with van der Waals surface area (Å²) < 4.78 is 18.1. The van der Waals surface area contributed by atoms with Gasteiger partial charge in [0.25, 0.3) is 0 Å². The van der Waals surface area contributed by atoms with Gasteiger partial charge in [-0.15, -0.1) is 0 Å². The lowest BCUT2D eigenvalue weighted by molar-refractivity contribution is -0.280. The van der Waals surface area contributed by atoms with Crippen molar-refractivity contribution < 1.29 is 19.0 Å². The third kappa shape index (κ3) is 1.88. The molecule has 2 heterocycles. The molecule has 2 aliphatic heterocycles. The van der Waals surface area contributed by atoms with E-state index < -0.39 is 11.4 Å². The van der Waals surface area contributed by atoms with E-state index in [1.54, 1.807) is 0 Å². The lowest BCUT2D eigenvalue weighted by atomic mass is 9.68. The van der Waals surface area contributed by atoms with Crippen LogP contribution in [0.3, 0.4) is 0 Å². The number of esters is 1. The van der Waals surface area contributed by atoms with Gasteiger partial charge < -0.3 is 14.2 Å². The SMILES string of the molecule is COC(=O)[C@@]12O[C@@](C)(OC3CCCCC3[C@H]1C)c1ccccc12. The summed E-state index contributed by atoms with van der Waals surface area (Å²) in [5, 5.41) is 0. The summed E-state index contributed by atoms with van der Waals surface area (Å²) >= 11 is 0. The monoisotopic (exact) mass is 316 g/mol. The fraction of sp³-hybridized carbons (Fsp3) is 0.632. The average Bonchev–Trinajstić information content (AvgIpc) is 2.78. The van der Waals surface area contributed by atoms with Crippen LogP contribution in [0.15, 0.2) is 24.3 Å². The van der Waals surface area contributed by atoms with E-state index >= 15 is 0 Å². The molecule has 3 aliphatic rings. The third-order valence-electron chi connectivity index (χ3n) is 6.07. The van der Waals surface area contributed by atoms with Crippen molar-refractivity contribution >= 4 is 5.97 Å². The Morgan fingerprint density at radius 2 is 1.91 bits per heavy atom. The molecule has 2 bridgehead atoms. The number of carbonyl (C=O) groups is 1. The molecule has 124 valence electrons. The molecule has 2 fully saturated rings. The fourth-order valence-electron chi connectivity index (χ4n) is 4.97. The summed E-state index contributed by atoms with van der Waals surface area (Å²) in [5.74, 6) is -0.852. The minimum absolute atomic E-state index is 0.0192. The van der Waals surface area contributed by atoms with Crippen LogP contribution >= 0.6 is 0 Å². The van der Waals surface area contributed by atoms with Gasteiger partial charge in [-0.25, -0.2) is 4.79 Å². The Kier molecular flexibility index (Phi) is 3.33. The van der Waals surface area contributed by atoms with E-state index in [1.165, 1.54) is 20.0 Å². The Morgan fingerprint density at radius 3 is 2.65 bits per heavy atom. The Hall–Kier alpha value is -1.39. The van der Waals surface area contributed by atoms with Gasteiger partial charge in [0, 0.05) is 17.0 Å². The van der Waals surface area contributed by atoms with E-state index in [2.05, 4.69) is 6.92 Å². The van der Waals surface area contributed by atoms with Crippen LogP contribution in [-0.2, 0) is 30.4 Å². The number of ether oxygens (including phenoxy) is 3. The van der Waals surface area contributed by atoms with Gasteiger partial charge in [-0.1, -0.05) is 44.0 Å². The van der Waals surface area contributed by atoms with Crippen LogP contribution in [0, 0.1) is 11.8 Å². The summed E-state index contributed by atoms with van der Waals surface area (Å²) in [6, 6.07) is 7.93. The van der Waals surface area contributed by atoms with E-state index in [4.69, 9.17) is 14.2 Å². The van der Waals surface area contributed by atoms with E-state index in [0.29, 0.717) is 5.92 Å². The van der Waals surface area contributed by atoms with Crippen molar-refractivity contribution in [3.8, 4) is 0 Å². The molecule has 1 aliphatic carbocycles. The summed E-state index contributed by atoms with van der Waals surface area (Å²) in [7, 11) is 1.44. The number of carbonyl (C=O) groups excluding carboxylic acids is 1. The first-order valence-corrected chi connectivity index (χ1v) is 8.59. The number of benzene rings is 1. The quantitative estimate of drug-likeness (QED) is 0.744. The normalized spacial score (nSPS) is 41.6. The maximum Gasteiger partial charge on any atom is 0.343 e. The lowest BCUT2D eigenvalue weighted by Crippen LogP contribution is -2.47. The van der Waals surface area contributed by atoms with Crippen molar-refractivity contribution in [1.82, 2.24) is 0 Å². The summed E-state index contributed by atoms with van der Waals surface area (Å²) in [4.78, 5) is 12.9. The van der Waals surface area contributed by atoms with Gasteiger partial charge in [0.2, 0.25) is 0 Å². The molecule has 1 aromatic carbocycles. The highest BCUT2D eigenvalue weighted by Gasteiger charge is 2.65. The largest absolute Gasteiger partial charge is 0.467 e. The number of hydrogen-bond acceptors (Lipinski definition) is 4. The van der Waals surface area contributed by atoms with Gasteiger partial charge >= 0.3 is 5.97 Å². The molecular formula is C19H24O4. The average molecular weight is 316 g/mol. The van der Waals surface area contributed by atoms with E-state index in [1.807, 2.05) is 31.2 Å². The molecule has 1 saturated carbocycles. The first-order valence-electron chi connectivity index (χ1n) is 8.59. The smallest absolute Gasteiger partial charge is 0.343 e. The zero-order valence-electron chi connectivity index (χ0n) is 14.0. The molecule has 5 atom stereocenters. The number of fused-ring (bicyclic) bond motifs is 6. The van der Waals surface area contributed by atoms with Crippen molar-refractivity contribution in [2.24, 2.45) is 11.8 Å². The molecule has 1 aromatic rings. The van der Waals surface area contributed by atoms with E-state index in [9.17, 15) is 4.79 Å². The van der Waals surface area contributed by atoms with Crippen LogP contribution < -0.4 is 0 Å². The molecule has 0 aromatic heterocycles. The van der Waals surface area contributed by atoms with Crippen LogP contribution in [0.4, 0.5) is 0 Å². The van der Waals surface area contributed by atoms with Gasteiger partial charge in [0.1, 0.15) is 0 Å². The Labute approximate surface area is 137 Å². The minimum Gasteiger partial charge on any atom is -0.467 e. The van der Waals surface area contributed by atoms with Crippen molar-refractivity contribution in [3.05, 3.63) is 35.4 Å². The third-order valence-corrected chi connectivity index (χ3v) is 6.07. The molecule has 4 nitrogen and oxygen atoms in total. The maximum atomic E-state index is 12.9. The van der Waals surface area contributed by atoms with Crippen LogP contribution in [-0.4, -0.2) is 19.2 Å². The fourth-order valence-corrected chi connectivity index (χ4v) is 4.97. The molecule has 2 unspecified atom stereocenters. The molecule has 0 radical (unpaired) electrons. The predicted molar refractivity (Wildman–Crippen MR) is 84.6 cm³/mol. The van der Waals surface area contributed by atoms with Crippen molar-refractivity contribution in [1.29, 1.82) is 0 Å². The molecule has 4 heteroatoms. The van der Waals surface area contributed by atoms with E-state index in [0.717, 1.165) is 24.0 Å². The summed E-state index contributed by atoms with van der Waals surface area (Å²) in [6.45, 7) is 4.07. The Morgan fingerprint density at radius 1 is 1.22 bits per heavy atom. The van der Waals surface area contributed by atoms with Crippen LogP contribution in [0.25, 0.3) is 0 Å². The number of hydrogen-bond donors (Lipinski definition) is 0. The molecule has 0 spiro atoms. The second-order valence-electron chi connectivity index (χ2n) is 7.21. The second kappa shape index (κ2) is 5.05. The molecule has 1 saturated heterocycles. The molecule has 0 amide bonds. The standard InChI is InChI=1S/C19H24O4/c1-12-13-8-4-7-11-16(13)22-18(2)14-9-5-6-10-15(14)19(12,23-18)17(20)21-3/h5-6,9-10,12-13,16H,4,7-8,11H2,1-3H3/t12-,13?,16?,18-,19-/m1/s1. The number of methoxy groups -OCH3 is 1. The Bertz CT molecular complexity index is 642. The Balaban J connectivity index is 1.94. The van der Waals surface area contributed by atoms with Crippen LogP contribution in [0.2, 0.25) is 0 Å². The van der Waals surface area contributed by atoms with Crippen molar-refractivity contribution in [3.63, 3.8) is 0 Å². The highest BCUT2D eigenvalue weighted by atomic mass is 16.7. The second-order valence-corrected chi connectivity index (χ2v) is 7.21. The molecule has 23 heavy (non-hydrogen) atoms. The zero-order chi connectivity index (χ0) is 16.2. The predicted octanol–water partition coefficient (Wildman–Crippen LogP) is 3.48. The van der Waals surface area contributed by atoms with Crippen molar-refractivity contribution in [2.75, 3.05) is 7.11 Å². The minimum atomic E-state index is -1.06. The first-order chi connectivity index (χ1) is 11.0. The lowest BCUT2D eigenvalue weighted by Gasteiger charge is -2.40. The van der Waals surface area contributed by atoms with Gasteiger partial charge in [0.05, 0.1) is 13.2 Å².